The zero-order valence-electron chi connectivity index (χ0n) is 7.37. The van der Waals surface area contributed by atoms with Crippen molar-refractivity contribution in [2.45, 2.75) is 19.3 Å². The minimum Gasteiger partial charge on any atom is -0.475 e. The molecule has 0 aliphatic heterocycles. The van der Waals surface area contributed by atoms with Crippen molar-refractivity contribution in [3.8, 4) is 6.07 Å². The number of carboxylic acid groups (broad SMARTS) is 1. The van der Waals surface area contributed by atoms with Gasteiger partial charge in [-0.15, -0.1) is 0 Å². The Morgan fingerprint density at radius 2 is 2.23 bits per heavy atom. The Labute approximate surface area is 75.4 Å². The predicted molar refractivity (Wildman–Crippen MR) is 44.3 cm³/mol. The molecule has 0 fully saturated rings. The Hall–Kier alpha value is -1.76. The molecule has 0 atom stereocenters. The Kier molecular flexibility index (Phi) is 2.11. The van der Waals surface area contributed by atoms with E-state index in [0.717, 1.165) is 0 Å². The highest BCUT2D eigenvalue weighted by molar-refractivity contribution is 5.84. The average molecular weight is 179 g/mol. The lowest BCUT2D eigenvalue weighted by atomic mass is 9.93. The summed E-state index contributed by atoms with van der Waals surface area (Å²) >= 11 is 0. The standard InChI is InChI=1S/C9H9NO3/c1-9(2,5-10)7-4-3-6(13-7)8(11)12/h3-4H,1-2H3,(H,11,12). The first-order valence-electron chi connectivity index (χ1n) is 3.72. The molecule has 0 bridgehead atoms. The SMILES string of the molecule is CC(C)(C#N)c1ccc(C(=O)O)o1. The summed E-state index contributed by atoms with van der Waals surface area (Å²) in [7, 11) is 0. The summed E-state index contributed by atoms with van der Waals surface area (Å²) in [6.45, 7) is 3.33. The van der Waals surface area contributed by atoms with Gasteiger partial charge in [-0.3, -0.25) is 0 Å². The summed E-state index contributed by atoms with van der Waals surface area (Å²) in [6.07, 6.45) is 0. The van der Waals surface area contributed by atoms with Gasteiger partial charge in [0.1, 0.15) is 11.2 Å². The molecule has 1 N–H and O–H groups in total. The maximum absolute atomic E-state index is 10.5. The van der Waals surface area contributed by atoms with Crippen LogP contribution in [-0.2, 0) is 5.41 Å². The van der Waals surface area contributed by atoms with Crippen LogP contribution in [-0.4, -0.2) is 11.1 Å². The Morgan fingerprint density at radius 3 is 2.62 bits per heavy atom. The second kappa shape index (κ2) is 2.94. The molecule has 0 spiro atoms. The van der Waals surface area contributed by atoms with E-state index >= 15 is 0 Å². The number of nitrogens with zero attached hydrogens (tertiary/aromatic N) is 1. The molecule has 0 aromatic carbocycles. The maximum Gasteiger partial charge on any atom is 0.371 e. The lowest BCUT2D eigenvalue weighted by Crippen LogP contribution is -2.12. The lowest BCUT2D eigenvalue weighted by Gasteiger charge is -2.10. The van der Waals surface area contributed by atoms with Gasteiger partial charge in [-0.05, 0) is 26.0 Å². The number of furan rings is 1. The fourth-order valence-electron chi connectivity index (χ4n) is 0.844. The van der Waals surface area contributed by atoms with Crippen molar-refractivity contribution < 1.29 is 14.3 Å². The van der Waals surface area contributed by atoms with E-state index in [1.165, 1.54) is 12.1 Å². The van der Waals surface area contributed by atoms with Gasteiger partial charge in [0.05, 0.1) is 6.07 Å². The zero-order chi connectivity index (χ0) is 10.1. The minimum absolute atomic E-state index is 0.140. The molecule has 1 aromatic heterocycles. The molecule has 1 aromatic rings. The molecule has 1 rings (SSSR count). The van der Waals surface area contributed by atoms with Crippen molar-refractivity contribution in [1.82, 2.24) is 0 Å². The van der Waals surface area contributed by atoms with E-state index < -0.39 is 11.4 Å². The van der Waals surface area contributed by atoms with E-state index in [1.807, 2.05) is 6.07 Å². The smallest absolute Gasteiger partial charge is 0.371 e. The number of carbonyl (C=O) groups is 1. The van der Waals surface area contributed by atoms with Crippen LogP contribution in [0.25, 0.3) is 0 Å². The highest BCUT2D eigenvalue weighted by Crippen LogP contribution is 2.24. The summed E-state index contributed by atoms with van der Waals surface area (Å²) in [4.78, 5) is 10.5. The molecule has 0 aliphatic carbocycles. The van der Waals surface area contributed by atoms with E-state index in [0.29, 0.717) is 5.76 Å². The minimum atomic E-state index is -1.13. The van der Waals surface area contributed by atoms with Crippen molar-refractivity contribution in [2.75, 3.05) is 0 Å². The summed E-state index contributed by atoms with van der Waals surface area (Å²) < 4.78 is 4.98. The molecule has 4 nitrogen and oxygen atoms in total. The second-order valence-electron chi connectivity index (χ2n) is 3.21. The zero-order valence-corrected chi connectivity index (χ0v) is 7.37. The molecule has 13 heavy (non-hydrogen) atoms. The van der Waals surface area contributed by atoms with Crippen LogP contribution in [0.1, 0.15) is 30.2 Å². The third-order valence-electron chi connectivity index (χ3n) is 1.71. The first-order valence-corrected chi connectivity index (χ1v) is 3.72. The molecule has 68 valence electrons. The van der Waals surface area contributed by atoms with Gasteiger partial charge in [0.25, 0.3) is 0 Å². The first kappa shape index (κ1) is 9.33. The molecule has 0 unspecified atom stereocenters. The summed E-state index contributed by atoms with van der Waals surface area (Å²) in [5.74, 6) is -0.897. The van der Waals surface area contributed by atoms with E-state index in [-0.39, 0.29) is 5.76 Å². The lowest BCUT2D eigenvalue weighted by molar-refractivity contribution is 0.0659. The van der Waals surface area contributed by atoms with E-state index in [2.05, 4.69) is 0 Å². The van der Waals surface area contributed by atoms with Crippen LogP contribution in [0.15, 0.2) is 16.5 Å². The quantitative estimate of drug-likeness (QED) is 0.750. The number of nitriles is 1. The third kappa shape index (κ3) is 1.70. The van der Waals surface area contributed by atoms with E-state index in [4.69, 9.17) is 14.8 Å². The van der Waals surface area contributed by atoms with Gasteiger partial charge in [-0.2, -0.15) is 5.26 Å². The topological polar surface area (TPSA) is 74.2 Å². The highest BCUT2D eigenvalue weighted by atomic mass is 16.4. The average Bonchev–Trinajstić information content (AvgIpc) is 2.52. The highest BCUT2D eigenvalue weighted by Gasteiger charge is 2.24. The number of hydrogen-bond acceptors (Lipinski definition) is 3. The second-order valence-corrected chi connectivity index (χ2v) is 3.21. The van der Waals surface area contributed by atoms with Crippen molar-refractivity contribution in [1.29, 1.82) is 5.26 Å². The summed E-state index contributed by atoms with van der Waals surface area (Å²) in [5.41, 5.74) is -0.784. The molecular weight excluding hydrogens is 170 g/mol. The molecule has 0 radical (unpaired) electrons. The Morgan fingerprint density at radius 1 is 1.62 bits per heavy atom. The molecule has 0 amide bonds. The Balaban J connectivity index is 3.07. The van der Waals surface area contributed by atoms with Gasteiger partial charge < -0.3 is 9.52 Å². The summed E-state index contributed by atoms with van der Waals surface area (Å²) in [6, 6.07) is 4.87. The molecule has 0 saturated carbocycles. The van der Waals surface area contributed by atoms with Crippen LogP contribution >= 0.6 is 0 Å². The third-order valence-corrected chi connectivity index (χ3v) is 1.71. The molecule has 1 heterocycles. The van der Waals surface area contributed by atoms with Gasteiger partial charge in [0, 0.05) is 0 Å². The van der Waals surface area contributed by atoms with Crippen molar-refractivity contribution >= 4 is 5.97 Å². The van der Waals surface area contributed by atoms with Gasteiger partial charge in [0.2, 0.25) is 5.76 Å². The van der Waals surface area contributed by atoms with Crippen LogP contribution in [0.4, 0.5) is 0 Å². The van der Waals surface area contributed by atoms with Crippen LogP contribution in [0.2, 0.25) is 0 Å². The van der Waals surface area contributed by atoms with Crippen molar-refractivity contribution in [2.24, 2.45) is 0 Å². The predicted octanol–water partition coefficient (Wildman–Crippen LogP) is 1.78. The van der Waals surface area contributed by atoms with Gasteiger partial charge >= 0.3 is 5.97 Å². The fourth-order valence-corrected chi connectivity index (χ4v) is 0.844. The van der Waals surface area contributed by atoms with Crippen LogP contribution in [0.3, 0.4) is 0 Å². The molecular formula is C9H9NO3. The Bertz CT molecular complexity index is 370. The molecule has 4 heteroatoms. The number of aromatic carboxylic acids is 1. The fraction of sp³-hybridized carbons (Fsp3) is 0.333. The van der Waals surface area contributed by atoms with Crippen LogP contribution in [0, 0.1) is 11.3 Å². The van der Waals surface area contributed by atoms with Crippen LogP contribution in [0.5, 0.6) is 0 Å². The maximum atomic E-state index is 10.5. The van der Waals surface area contributed by atoms with Gasteiger partial charge in [-0.25, -0.2) is 4.79 Å². The van der Waals surface area contributed by atoms with E-state index in [1.54, 1.807) is 13.8 Å². The number of hydrogen-bond donors (Lipinski definition) is 1. The number of rotatable bonds is 2. The first-order chi connectivity index (χ1) is 5.97. The number of carboxylic acids is 1. The monoisotopic (exact) mass is 179 g/mol. The normalized spacial score (nSPS) is 10.8. The van der Waals surface area contributed by atoms with Gasteiger partial charge in [-0.1, -0.05) is 0 Å². The van der Waals surface area contributed by atoms with E-state index in [9.17, 15) is 4.79 Å². The van der Waals surface area contributed by atoms with Crippen LogP contribution < -0.4 is 0 Å². The molecule has 0 saturated heterocycles. The molecule has 0 aliphatic rings. The van der Waals surface area contributed by atoms with Crippen molar-refractivity contribution in [3.63, 3.8) is 0 Å². The largest absolute Gasteiger partial charge is 0.475 e. The summed E-state index contributed by atoms with van der Waals surface area (Å²) in [5, 5.41) is 17.3. The van der Waals surface area contributed by atoms with Gasteiger partial charge in [0.15, 0.2) is 0 Å². The van der Waals surface area contributed by atoms with Crippen molar-refractivity contribution in [3.05, 3.63) is 23.7 Å².